The Hall–Kier alpha value is -0.0200. The van der Waals surface area contributed by atoms with Crippen LogP contribution in [-0.2, 0) is 0 Å². The molecule has 0 N–H and O–H groups in total. The van der Waals surface area contributed by atoms with Crippen molar-refractivity contribution in [3.63, 3.8) is 0 Å². The zero-order valence-corrected chi connectivity index (χ0v) is 7.60. The predicted molar refractivity (Wildman–Crippen MR) is 42.1 cm³/mol. The fourth-order valence-electron chi connectivity index (χ4n) is 0.529. The second-order valence-corrected chi connectivity index (χ2v) is 3.21. The number of thiophene rings is 1. The summed E-state index contributed by atoms with van der Waals surface area (Å²) in [5.74, 6) is 0. The van der Waals surface area contributed by atoms with Gasteiger partial charge in [-0.3, -0.25) is 0 Å². The Morgan fingerprint density at radius 1 is 1.67 bits per heavy atom. The summed E-state index contributed by atoms with van der Waals surface area (Å²) in [6, 6.07) is 0. The second kappa shape index (κ2) is 2.71. The molecule has 0 atom stereocenters. The highest BCUT2D eigenvalue weighted by Gasteiger charge is 2.03. The van der Waals surface area contributed by atoms with Crippen molar-refractivity contribution in [3.05, 3.63) is 15.4 Å². The van der Waals surface area contributed by atoms with Crippen molar-refractivity contribution in [2.75, 3.05) is 7.11 Å². The molecule has 0 saturated carbocycles. The van der Waals surface area contributed by atoms with Crippen LogP contribution in [0.1, 0.15) is 5.56 Å². The third-order valence-corrected chi connectivity index (χ3v) is 3.07. The van der Waals surface area contributed by atoms with Crippen LogP contribution in [0.15, 0.2) is 4.47 Å². The molecule has 0 spiro atoms. The molecule has 1 aromatic rings. The summed E-state index contributed by atoms with van der Waals surface area (Å²) in [6.07, 6.45) is 0. The van der Waals surface area contributed by atoms with Gasteiger partial charge in [0, 0.05) is 10.0 Å². The number of ether oxygens (including phenoxy) is 1. The highest BCUT2D eigenvalue weighted by molar-refractivity contribution is 9.10. The molecule has 0 aliphatic heterocycles. The van der Waals surface area contributed by atoms with Gasteiger partial charge in [-0.2, -0.15) is 0 Å². The zero-order chi connectivity index (χ0) is 6.85. The Bertz CT molecular complexity index is 207. The molecule has 0 amide bonds. The number of hydrogen-bond acceptors (Lipinski definition) is 2. The lowest BCUT2D eigenvalue weighted by Crippen LogP contribution is -1.79. The predicted octanol–water partition coefficient (Wildman–Crippen LogP) is 2.63. The average Bonchev–Trinajstić information content (AvgIpc) is 2.15. The summed E-state index contributed by atoms with van der Waals surface area (Å²) >= 11 is 4.81. The van der Waals surface area contributed by atoms with Crippen molar-refractivity contribution in [2.24, 2.45) is 0 Å². The van der Waals surface area contributed by atoms with E-state index in [9.17, 15) is 0 Å². The number of rotatable bonds is 1. The topological polar surface area (TPSA) is 9.23 Å². The van der Waals surface area contributed by atoms with E-state index in [0.717, 1.165) is 15.1 Å². The van der Waals surface area contributed by atoms with Gasteiger partial charge in [-0.1, -0.05) is 11.3 Å². The summed E-state index contributed by atoms with van der Waals surface area (Å²) in [7, 11) is 1.67. The fourth-order valence-corrected chi connectivity index (χ4v) is 1.76. The van der Waals surface area contributed by atoms with E-state index in [0.29, 0.717) is 0 Å². The van der Waals surface area contributed by atoms with Gasteiger partial charge in [0.15, 0.2) is 5.06 Å². The molecule has 1 rings (SSSR count). The maximum atomic E-state index is 5.02. The highest BCUT2D eigenvalue weighted by atomic mass is 79.9. The van der Waals surface area contributed by atoms with Crippen LogP contribution in [-0.4, -0.2) is 7.11 Å². The van der Waals surface area contributed by atoms with Crippen LogP contribution in [0.5, 0.6) is 5.06 Å². The molecule has 0 bridgehead atoms. The van der Waals surface area contributed by atoms with E-state index in [2.05, 4.69) is 21.3 Å². The molecule has 1 aromatic heterocycles. The van der Waals surface area contributed by atoms with Gasteiger partial charge < -0.3 is 4.74 Å². The van der Waals surface area contributed by atoms with Crippen molar-refractivity contribution in [1.82, 2.24) is 0 Å². The maximum Gasteiger partial charge on any atom is 0.178 e. The number of methoxy groups -OCH3 is 1. The molecular formula is C6H6BrOS. The Balaban J connectivity index is 3.04. The first-order valence-electron chi connectivity index (χ1n) is 2.46. The molecule has 0 fully saturated rings. The normalized spacial score (nSPS) is 9.67. The van der Waals surface area contributed by atoms with Gasteiger partial charge in [0.1, 0.15) is 0 Å². The van der Waals surface area contributed by atoms with Crippen LogP contribution >= 0.6 is 27.3 Å². The van der Waals surface area contributed by atoms with E-state index < -0.39 is 0 Å². The van der Waals surface area contributed by atoms with Gasteiger partial charge >= 0.3 is 0 Å². The van der Waals surface area contributed by atoms with Crippen molar-refractivity contribution in [3.8, 4) is 5.06 Å². The molecule has 0 aliphatic rings. The van der Waals surface area contributed by atoms with Crippen LogP contribution in [0.3, 0.4) is 0 Å². The smallest absolute Gasteiger partial charge is 0.178 e. The molecule has 0 saturated heterocycles. The van der Waals surface area contributed by atoms with Crippen molar-refractivity contribution >= 4 is 27.3 Å². The molecule has 0 aliphatic carbocycles. The largest absolute Gasteiger partial charge is 0.487 e. The van der Waals surface area contributed by atoms with Gasteiger partial charge in [0.2, 0.25) is 0 Å². The summed E-state index contributed by atoms with van der Waals surface area (Å²) < 4.78 is 6.03. The minimum absolute atomic E-state index is 0.932. The Morgan fingerprint density at radius 3 is 2.56 bits per heavy atom. The van der Waals surface area contributed by atoms with Gasteiger partial charge in [-0.15, -0.1) is 0 Å². The summed E-state index contributed by atoms with van der Waals surface area (Å²) in [6.45, 7) is 2.00. The summed E-state index contributed by atoms with van der Waals surface area (Å²) in [5, 5.41) is 3.95. The van der Waals surface area contributed by atoms with Gasteiger partial charge in [-0.05, 0) is 22.9 Å². The first-order valence-corrected chi connectivity index (χ1v) is 4.07. The Morgan fingerprint density at radius 2 is 2.33 bits per heavy atom. The van der Waals surface area contributed by atoms with Crippen molar-refractivity contribution in [2.45, 2.75) is 6.92 Å². The lowest BCUT2D eigenvalue weighted by Gasteiger charge is -1.93. The molecule has 0 unspecified atom stereocenters. The van der Waals surface area contributed by atoms with Gasteiger partial charge in [-0.25, -0.2) is 0 Å². The van der Waals surface area contributed by atoms with Crippen LogP contribution in [0, 0.1) is 12.3 Å². The van der Waals surface area contributed by atoms with E-state index in [1.54, 1.807) is 7.11 Å². The van der Waals surface area contributed by atoms with E-state index in [-0.39, 0.29) is 0 Å². The third kappa shape index (κ3) is 1.27. The van der Waals surface area contributed by atoms with Gasteiger partial charge in [0.25, 0.3) is 0 Å². The van der Waals surface area contributed by atoms with Crippen LogP contribution < -0.4 is 4.74 Å². The molecule has 0 aromatic carbocycles. The first-order chi connectivity index (χ1) is 4.25. The van der Waals surface area contributed by atoms with Crippen LogP contribution in [0.25, 0.3) is 0 Å². The van der Waals surface area contributed by atoms with E-state index in [1.165, 1.54) is 11.3 Å². The van der Waals surface area contributed by atoms with Gasteiger partial charge in [0.05, 0.1) is 12.5 Å². The quantitative estimate of drug-likeness (QED) is 0.686. The lowest BCUT2D eigenvalue weighted by molar-refractivity contribution is 0.424. The summed E-state index contributed by atoms with van der Waals surface area (Å²) in [4.78, 5) is 0. The lowest BCUT2D eigenvalue weighted by atomic mass is 10.4. The Kier molecular flexibility index (Phi) is 2.13. The Labute approximate surface area is 66.8 Å². The first kappa shape index (κ1) is 7.09. The SMILES string of the molecule is COc1s[c]c(Br)c1C. The highest BCUT2D eigenvalue weighted by Crippen LogP contribution is 2.31. The second-order valence-electron chi connectivity index (χ2n) is 1.63. The van der Waals surface area contributed by atoms with E-state index >= 15 is 0 Å². The fraction of sp³-hybridized carbons (Fsp3) is 0.333. The minimum Gasteiger partial charge on any atom is -0.487 e. The van der Waals surface area contributed by atoms with E-state index in [4.69, 9.17) is 4.74 Å². The third-order valence-electron chi connectivity index (χ3n) is 1.05. The molecule has 1 heterocycles. The summed E-state index contributed by atoms with van der Waals surface area (Å²) in [5.41, 5.74) is 1.13. The standard InChI is InChI=1S/C6H6BrOS/c1-4-5(7)3-9-6(4)8-2/h1-2H3. The molecule has 1 nitrogen and oxygen atoms in total. The molecular weight excluding hydrogens is 200 g/mol. The van der Waals surface area contributed by atoms with E-state index in [1.807, 2.05) is 6.92 Å². The van der Waals surface area contributed by atoms with Crippen LogP contribution in [0.2, 0.25) is 0 Å². The zero-order valence-electron chi connectivity index (χ0n) is 5.19. The van der Waals surface area contributed by atoms with Crippen LogP contribution in [0.4, 0.5) is 0 Å². The van der Waals surface area contributed by atoms with Crippen molar-refractivity contribution in [1.29, 1.82) is 0 Å². The average molecular weight is 206 g/mol. The molecule has 3 heteroatoms. The molecule has 49 valence electrons. The number of halogens is 1. The monoisotopic (exact) mass is 205 g/mol. The number of hydrogen-bond donors (Lipinski definition) is 0. The molecule has 9 heavy (non-hydrogen) atoms. The van der Waals surface area contributed by atoms with Crippen molar-refractivity contribution < 1.29 is 4.74 Å². The maximum absolute atomic E-state index is 5.02. The molecule has 1 radical (unpaired) electrons. The minimum atomic E-state index is 0.932.